The summed E-state index contributed by atoms with van der Waals surface area (Å²) >= 11 is 0. The van der Waals surface area contributed by atoms with Gasteiger partial charge in [-0.15, -0.1) is 0 Å². The van der Waals surface area contributed by atoms with Gasteiger partial charge in [-0.05, 0) is 36.6 Å². The molecular weight excluding hydrogens is 402 g/mol. The fraction of sp³-hybridized carbons (Fsp3) is 0.273. The highest BCUT2D eigenvalue weighted by Gasteiger charge is 2.25. The van der Waals surface area contributed by atoms with Gasteiger partial charge in [0.1, 0.15) is 5.69 Å². The second-order valence-electron chi connectivity index (χ2n) is 7.65. The molecule has 1 N–H and O–H groups in total. The number of amides is 1. The molecule has 0 unspecified atom stereocenters. The van der Waals surface area contributed by atoms with Crippen LogP contribution in [0.25, 0.3) is 17.0 Å². The average Bonchev–Trinajstić information content (AvgIpc) is 3.53. The summed E-state index contributed by atoms with van der Waals surface area (Å²) in [6, 6.07) is 5.75. The highest BCUT2D eigenvalue weighted by atomic mass is 19.2. The minimum Gasteiger partial charge on any atom is -0.347 e. The van der Waals surface area contributed by atoms with E-state index in [2.05, 4.69) is 20.4 Å². The van der Waals surface area contributed by atoms with Gasteiger partial charge in [-0.25, -0.2) is 13.8 Å². The Labute approximate surface area is 176 Å². The maximum atomic E-state index is 13.4. The first-order valence-electron chi connectivity index (χ1n) is 10.2. The zero-order chi connectivity index (χ0) is 21.4. The number of hydrogen-bond acceptors (Lipinski definition) is 4. The number of imidazole rings is 1. The van der Waals surface area contributed by atoms with Crippen LogP contribution in [0.5, 0.6) is 0 Å². The Kier molecular flexibility index (Phi) is 4.93. The topological polar surface area (TPSA) is 77.1 Å². The third kappa shape index (κ3) is 3.56. The van der Waals surface area contributed by atoms with Crippen LogP contribution in [0.4, 0.5) is 8.78 Å². The van der Waals surface area contributed by atoms with Crippen molar-refractivity contribution in [3.8, 4) is 11.5 Å². The van der Waals surface area contributed by atoms with E-state index >= 15 is 0 Å². The number of carbonyl (C=O) groups excluding carboxylic acids is 1. The lowest BCUT2D eigenvalue weighted by Crippen LogP contribution is -2.23. The summed E-state index contributed by atoms with van der Waals surface area (Å²) in [5, 5.41) is 7.24. The third-order valence-electron chi connectivity index (χ3n) is 5.67. The zero-order valence-electron chi connectivity index (χ0n) is 16.6. The molecule has 3 heterocycles. The average molecular weight is 422 g/mol. The number of aromatic nitrogens is 5. The van der Waals surface area contributed by atoms with Crippen LogP contribution in [0.1, 0.15) is 47.8 Å². The van der Waals surface area contributed by atoms with E-state index in [1.54, 1.807) is 24.8 Å². The molecule has 0 aliphatic heterocycles. The Hall–Kier alpha value is -3.62. The first-order chi connectivity index (χ1) is 15.1. The van der Waals surface area contributed by atoms with Crippen molar-refractivity contribution < 1.29 is 13.6 Å². The normalized spacial score (nSPS) is 14.4. The number of rotatable bonds is 5. The van der Waals surface area contributed by atoms with E-state index in [0.29, 0.717) is 22.9 Å². The maximum absolute atomic E-state index is 13.4. The van der Waals surface area contributed by atoms with Crippen LogP contribution in [-0.2, 0) is 6.54 Å². The molecule has 5 rings (SSSR count). The molecule has 31 heavy (non-hydrogen) atoms. The minimum atomic E-state index is -0.953. The molecule has 1 saturated carbocycles. The Balaban J connectivity index is 1.47. The van der Waals surface area contributed by atoms with E-state index in [-0.39, 0.29) is 12.2 Å². The fourth-order valence-electron chi connectivity index (χ4n) is 4.13. The molecule has 9 heteroatoms. The highest BCUT2D eigenvalue weighted by molar-refractivity contribution is 5.99. The Morgan fingerprint density at radius 2 is 1.97 bits per heavy atom. The lowest BCUT2D eigenvalue weighted by atomic mass is 10.2. The minimum absolute atomic E-state index is 0.0463. The summed E-state index contributed by atoms with van der Waals surface area (Å²) in [7, 11) is 0. The Morgan fingerprint density at radius 3 is 2.77 bits per heavy atom. The van der Waals surface area contributed by atoms with E-state index in [1.807, 2.05) is 15.1 Å². The molecule has 1 amide bonds. The Morgan fingerprint density at radius 1 is 1.13 bits per heavy atom. The quantitative estimate of drug-likeness (QED) is 0.529. The van der Waals surface area contributed by atoms with Crippen molar-refractivity contribution >= 4 is 11.4 Å². The van der Waals surface area contributed by atoms with Crippen molar-refractivity contribution in [3.05, 3.63) is 71.9 Å². The lowest BCUT2D eigenvalue weighted by Gasteiger charge is -2.13. The first-order valence-corrected chi connectivity index (χ1v) is 10.2. The number of hydrogen-bond donors (Lipinski definition) is 1. The van der Waals surface area contributed by atoms with Crippen molar-refractivity contribution in [2.45, 2.75) is 38.3 Å². The smallest absolute Gasteiger partial charge is 0.272 e. The third-order valence-corrected chi connectivity index (χ3v) is 5.67. The van der Waals surface area contributed by atoms with Crippen LogP contribution in [0.2, 0.25) is 0 Å². The van der Waals surface area contributed by atoms with Gasteiger partial charge >= 0.3 is 0 Å². The lowest BCUT2D eigenvalue weighted by molar-refractivity contribution is 0.0948. The molecule has 1 aliphatic carbocycles. The van der Waals surface area contributed by atoms with Crippen molar-refractivity contribution in [1.82, 2.24) is 29.5 Å². The van der Waals surface area contributed by atoms with Gasteiger partial charge < -0.3 is 5.32 Å². The summed E-state index contributed by atoms with van der Waals surface area (Å²) in [4.78, 5) is 21.7. The summed E-state index contributed by atoms with van der Waals surface area (Å²) in [5.41, 5.74) is 2.06. The predicted molar refractivity (Wildman–Crippen MR) is 109 cm³/mol. The molecule has 0 spiro atoms. The van der Waals surface area contributed by atoms with Crippen molar-refractivity contribution in [2.75, 3.05) is 0 Å². The van der Waals surface area contributed by atoms with Crippen LogP contribution in [0.3, 0.4) is 0 Å². The highest BCUT2D eigenvalue weighted by Crippen LogP contribution is 2.33. The molecule has 0 atom stereocenters. The fourth-order valence-corrected chi connectivity index (χ4v) is 4.13. The molecule has 7 nitrogen and oxygen atoms in total. The summed E-state index contributed by atoms with van der Waals surface area (Å²) in [5.74, 6) is -1.69. The largest absolute Gasteiger partial charge is 0.347 e. The molecule has 0 radical (unpaired) electrons. The van der Waals surface area contributed by atoms with Gasteiger partial charge in [-0.1, -0.05) is 18.9 Å². The first kappa shape index (κ1) is 19.3. The number of nitrogens with zero attached hydrogens (tertiary/aromatic N) is 5. The molecule has 0 saturated heterocycles. The van der Waals surface area contributed by atoms with Gasteiger partial charge in [0.15, 0.2) is 23.2 Å². The Bertz CT molecular complexity index is 1260. The number of fused-ring (bicyclic) bond motifs is 1. The van der Waals surface area contributed by atoms with Crippen molar-refractivity contribution in [1.29, 1.82) is 0 Å². The van der Waals surface area contributed by atoms with Crippen LogP contribution >= 0.6 is 0 Å². The standard InChI is InChI=1S/C22H20F2N6O/c23-16-6-5-14(11-17(16)24)12-26-22(31)20-19-13-25-9-10-29(19)21(28-20)18-7-8-27-30(18)15-3-1-2-4-15/h5-11,13,15H,1-4,12H2,(H,26,31). The van der Waals surface area contributed by atoms with Crippen LogP contribution in [-0.4, -0.2) is 30.1 Å². The monoisotopic (exact) mass is 422 g/mol. The molecule has 3 aromatic heterocycles. The van der Waals surface area contributed by atoms with Gasteiger partial charge in [0.05, 0.1) is 17.8 Å². The molecular formula is C22H20F2N6O. The second kappa shape index (κ2) is 7.90. The molecule has 1 fully saturated rings. The van der Waals surface area contributed by atoms with Crippen molar-refractivity contribution in [2.24, 2.45) is 0 Å². The van der Waals surface area contributed by atoms with Gasteiger partial charge in [0.25, 0.3) is 5.91 Å². The summed E-state index contributed by atoms with van der Waals surface area (Å²) in [6.07, 6.45) is 11.2. The summed E-state index contributed by atoms with van der Waals surface area (Å²) < 4.78 is 30.4. The number of carbonyl (C=O) groups is 1. The van der Waals surface area contributed by atoms with Gasteiger partial charge in [-0.2, -0.15) is 5.10 Å². The molecule has 0 bridgehead atoms. The summed E-state index contributed by atoms with van der Waals surface area (Å²) in [6.45, 7) is 0.0463. The van der Waals surface area contributed by atoms with Gasteiger partial charge in [0.2, 0.25) is 0 Å². The van der Waals surface area contributed by atoms with E-state index < -0.39 is 17.5 Å². The number of nitrogens with one attached hydrogen (secondary N) is 1. The van der Waals surface area contributed by atoms with E-state index in [0.717, 1.165) is 30.7 Å². The number of benzene rings is 1. The van der Waals surface area contributed by atoms with E-state index in [9.17, 15) is 13.6 Å². The number of halogens is 2. The molecule has 4 aromatic rings. The molecule has 158 valence electrons. The van der Waals surface area contributed by atoms with Gasteiger partial charge in [0, 0.05) is 25.1 Å². The van der Waals surface area contributed by atoms with Gasteiger partial charge in [-0.3, -0.25) is 18.9 Å². The van der Waals surface area contributed by atoms with Crippen LogP contribution < -0.4 is 5.32 Å². The van der Waals surface area contributed by atoms with E-state index in [4.69, 9.17) is 0 Å². The SMILES string of the molecule is O=C(NCc1ccc(F)c(F)c1)c1nc(-c2ccnn2C2CCCC2)n2ccncc12. The molecule has 1 aromatic carbocycles. The molecule has 1 aliphatic rings. The zero-order valence-corrected chi connectivity index (χ0v) is 16.6. The second-order valence-corrected chi connectivity index (χ2v) is 7.65. The predicted octanol–water partition coefficient (Wildman–Crippen LogP) is 3.92. The van der Waals surface area contributed by atoms with Crippen LogP contribution in [0, 0.1) is 11.6 Å². The maximum Gasteiger partial charge on any atom is 0.272 e. The van der Waals surface area contributed by atoms with E-state index in [1.165, 1.54) is 18.9 Å². The van der Waals surface area contributed by atoms with Crippen LogP contribution in [0.15, 0.2) is 49.1 Å². The van der Waals surface area contributed by atoms with Crippen molar-refractivity contribution in [3.63, 3.8) is 0 Å².